The molecule has 2 rings (SSSR count). The summed E-state index contributed by atoms with van der Waals surface area (Å²) in [6.45, 7) is 9.37. The van der Waals surface area contributed by atoms with Gasteiger partial charge in [-0.2, -0.15) is 0 Å². The van der Waals surface area contributed by atoms with Gasteiger partial charge in [0.25, 0.3) is 6.04 Å². The zero-order valence-corrected chi connectivity index (χ0v) is 15.1. The first-order chi connectivity index (χ1) is 11.4. The predicted octanol–water partition coefficient (Wildman–Crippen LogP) is 3.51. The van der Waals surface area contributed by atoms with E-state index in [1.165, 1.54) is 26.4 Å². The molecule has 1 aromatic rings. The first-order valence-corrected chi connectivity index (χ1v) is 7.90. The first-order valence-electron chi connectivity index (χ1n) is 7.11. The maximum atomic E-state index is 13.5. The largest absolute Gasteiger partial charge is 0.466 e. The van der Waals surface area contributed by atoms with Crippen molar-refractivity contribution < 1.29 is 18.7 Å². The van der Waals surface area contributed by atoms with Crippen molar-refractivity contribution >= 4 is 27.6 Å². The molecule has 0 bridgehead atoms. The van der Waals surface area contributed by atoms with Crippen LogP contribution in [0.3, 0.4) is 0 Å². The molecule has 0 radical (unpaired) electrons. The third-order valence-electron chi connectivity index (χ3n) is 3.80. The van der Waals surface area contributed by atoms with E-state index in [2.05, 4.69) is 25.8 Å². The molecule has 5 nitrogen and oxygen atoms in total. The predicted molar refractivity (Wildman–Crippen MR) is 91.3 cm³/mol. The number of benzene rings is 1. The minimum atomic E-state index is -0.679. The zero-order valence-electron chi connectivity index (χ0n) is 13.5. The van der Waals surface area contributed by atoms with Gasteiger partial charge in [-0.3, -0.25) is 4.99 Å². The lowest BCUT2D eigenvalue weighted by atomic mass is 9.80. The fraction of sp³-hybridized carbons (Fsp3) is 0.353. The quantitative estimate of drug-likeness (QED) is 0.579. The monoisotopic (exact) mass is 394 g/mol. The fourth-order valence-electron chi connectivity index (χ4n) is 2.77. The Bertz CT molecular complexity index is 768. The van der Waals surface area contributed by atoms with Crippen LogP contribution in [-0.4, -0.2) is 38.5 Å². The van der Waals surface area contributed by atoms with Crippen LogP contribution in [0, 0.1) is 12.4 Å². The van der Waals surface area contributed by atoms with Crippen LogP contribution in [0.25, 0.3) is 4.85 Å². The number of esters is 1. The van der Waals surface area contributed by atoms with Crippen molar-refractivity contribution in [3.8, 4) is 0 Å². The van der Waals surface area contributed by atoms with Gasteiger partial charge in [0, 0.05) is 11.6 Å². The number of carbonyl (C=O) groups is 1. The van der Waals surface area contributed by atoms with Gasteiger partial charge in [-0.05, 0) is 24.6 Å². The van der Waals surface area contributed by atoms with Gasteiger partial charge >= 0.3 is 5.97 Å². The van der Waals surface area contributed by atoms with E-state index < -0.39 is 23.7 Å². The lowest BCUT2D eigenvalue weighted by molar-refractivity contribution is -0.136. The number of aliphatic imine (C=N–C) groups is 1. The van der Waals surface area contributed by atoms with Crippen LogP contribution in [0.15, 0.2) is 38.9 Å². The topological polar surface area (TPSA) is 52.2 Å². The second-order valence-electron chi connectivity index (χ2n) is 5.26. The molecule has 7 heteroatoms. The molecule has 1 aromatic carbocycles. The van der Waals surface area contributed by atoms with Crippen molar-refractivity contribution in [2.24, 2.45) is 4.99 Å². The fourth-order valence-corrected chi connectivity index (χ4v) is 3.36. The number of halogens is 2. The summed E-state index contributed by atoms with van der Waals surface area (Å²) in [4.78, 5) is 20.4. The van der Waals surface area contributed by atoms with E-state index in [-0.39, 0.29) is 12.2 Å². The van der Waals surface area contributed by atoms with E-state index in [0.717, 1.165) is 0 Å². The van der Waals surface area contributed by atoms with Gasteiger partial charge in [0.15, 0.2) is 0 Å². The van der Waals surface area contributed by atoms with Crippen LogP contribution in [-0.2, 0) is 14.3 Å². The van der Waals surface area contributed by atoms with Crippen molar-refractivity contribution in [2.75, 3.05) is 20.8 Å². The second kappa shape index (κ2) is 7.69. The van der Waals surface area contributed by atoms with Crippen LogP contribution in [0.5, 0.6) is 0 Å². The zero-order chi connectivity index (χ0) is 17.9. The summed E-state index contributed by atoms with van der Waals surface area (Å²) < 4.78 is 24.0. The molecule has 0 aliphatic carbocycles. The summed E-state index contributed by atoms with van der Waals surface area (Å²) in [5.41, 5.74) is 1.88. The van der Waals surface area contributed by atoms with Gasteiger partial charge < -0.3 is 14.3 Å². The summed E-state index contributed by atoms with van der Waals surface area (Å²) in [5.74, 6) is -1.60. The first kappa shape index (κ1) is 18.3. The molecule has 0 aromatic heterocycles. The molecule has 0 saturated carbocycles. The molecule has 126 valence electrons. The number of hydrogen-bond donors (Lipinski definition) is 0. The van der Waals surface area contributed by atoms with E-state index in [1.54, 1.807) is 13.0 Å². The second-order valence-corrected chi connectivity index (χ2v) is 6.11. The van der Waals surface area contributed by atoms with Crippen molar-refractivity contribution in [1.82, 2.24) is 0 Å². The van der Waals surface area contributed by atoms with Crippen LogP contribution in [0.4, 0.5) is 4.39 Å². The van der Waals surface area contributed by atoms with Crippen molar-refractivity contribution in [3.05, 3.63) is 56.7 Å². The number of rotatable bonds is 4. The molecule has 2 atom stereocenters. The lowest BCUT2D eigenvalue weighted by Crippen LogP contribution is -2.33. The highest BCUT2D eigenvalue weighted by molar-refractivity contribution is 9.10. The number of carbonyl (C=O) groups excluding carboxylic acids is 1. The van der Waals surface area contributed by atoms with Crippen LogP contribution in [0.2, 0.25) is 0 Å². The molecule has 0 spiro atoms. The Labute approximate surface area is 148 Å². The van der Waals surface area contributed by atoms with Gasteiger partial charge in [-0.25, -0.2) is 15.8 Å². The average Bonchev–Trinajstić information content (AvgIpc) is 2.54. The summed E-state index contributed by atoms with van der Waals surface area (Å²) >= 11 is 3.33. The number of nitrogens with zero attached hydrogens (tertiary/aromatic N) is 2. The molecular formula is C17H16BrFN2O3. The Morgan fingerprint density at radius 2 is 2.17 bits per heavy atom. The van der Waals surface area contributed by atoms with E-state index in [0.29, 0.717) is 21.4 Å². The highest BCUT2D eigenvalue weighted by Crippen LogP contribution is 2.40. The maximum absolute atomic E-state index is 13.5. The minimum Gasteiger partial charge on any atom is -0.466 e. The van der Waals surface area contributed by atoms with Crippen molar-refractivity contribution in [1.29, 1.82) is 0 Å². The molecule has 0 saturated heterocycles. The highest BCUT2D eigenvalue weighted by atomic mass is 79.9. The van der Waals surface area contributed by atoms with Crippen LogP contribution < -0.4 is 0 Å². The Balaban J connectivity index is 2.72. The Morgan fingerprint density at radius 1 is 1.46 bits per heavy atom. The normalized spacial score (nSPS) is 20.4. The Morgan fingerprint density at radius 3 is 2.71 bits per heavy atom. The van der Waals surface area contributed by atoms with Crippen LogP contribution in [0.1, 0.15) is 18.4 Å². The van der Waals surface area contributed by atoms with Gasteiger partial charge in [0.2, 0.25) is 0 Å². The molecule has 1 aliphatic rings. The molecular weight excluding hydrogens is 379 g/mol. The molecule has 0 amide bonds. The van der Waals surface area contributed by atoms with Crippen molar-refractivity contribution in [3.63, 3.8) is 0 Å². The number of methoxy groups -OCH3 is 2. The van der Waals surface area contributed by atoms with Gasteiger partial charge in [-0.1, -0.05) is 22.0 Å². The molecule has 24 heavy (non-hydrogen) atoms. The number of hydrogen-bond acceptors (Lipinski definition) is 4. The summed E-state index contributed by atoms with van der Waals surface area (Å²) in [6.07, 6.45) is 0. The molecule has 2 unspecified atom stereocenters. The third-order valence-corrected chi connectivity index (χ3v) is 4.49. The molecule has 0 fully saturated rings. The summed E-state index contributed by atoms with van der Waals surface area (Å²) in [5, 5.41) is 0. The van der Waals surface area contributed by atoms with Gasteiger partial charge in [0.1, 0.15) is 11.7 Å². The average molecular weight is 395 g/mol. The maximum Gasteiger partial charge on any atom is 0.336 e. The van der Waals surface area contributed by atoms with Gasteiger partial charge in [0.05, 0.1) is 30.7 Å². The van der Waals surface area contributed by atoms with Crippen LogP contribution >= 0.6 is 15.9 Å². The van der Waals surface area contributed by atoms with Gasteiger partial charge in [-0.15, -0.1) is 0 Å². The van der Waals surface area contributed by atoms with E-state index in [9.17, 15) is 9.18 Å². The lowest BCUT2D eigenvalue weighted by Gasteiger charge is -2.27. The summed E-state index contributed by atoms with van der Waals surface area (Å²) in [6, 6.07) is 3.49. The highest BCUT2D eigenvalue weighted by Gasteiger charge is 2.43. The number of ether oxygens (including phenoxy) is 2. The Hall–Kier alpha value is -2.04. The third kappa shape index (κ3) is 3.40. The molecule has 1 heterocycles. The van der Waals surface area contributed by atoms with E-state index in [1.807, 2.05) is 0 Å². The minimum absolute atomic E-state index is 0.113. The SMILES string of the molecule is [C-]#[N+]C1C(C)=NC(COC)=C(C(=O)OC)C1c1ccc(F)cc1Br. The smallest absolute Gasteiger partial charge is 0.336 e. The van der Waals surface area contributed by atoms with Crippen molar-refractivity contribution in [2.45, 2.75) is 18.9 Å². The van der Waals surface area contributed by atoms with E-state index in [4.69, 9.17) is 16.0 Å². The Kier molecular flexibility index (Phi) is 5.86. The molecule has 0 N–H and O–H groups in total. The van der Waals surface area contributed by atoms with E-state index >= 15 is 0 Å². The molecule has 1 aliphatic heterocycles. The summed E-state index contributed by atoms with van der Waals surface area (Å²) in [7, 11) is 2.77. The standard InChI is InChI=1S/C17H16BrFN2O3/c1-9-16(20-2)14(11-6-5-10(19)7-12(11)18)15(17(22)24-4)13(21-9)8-23-3/h5-7,14,16H,8H2,1,3-4H3.